The lowest BCUT2D eigenvalue weighted by molar-refractivity contribution is 0.297. The SMILES string of the molecule is O=c1[nH]cc(-c2ccc3c(c2)OCCCO3)[nH]1. The average molecular weight is 232 g/mol. The van der Waals surface area contributed by atoms with E-state index in [0.29, 0.717) is 13.2 Å². The summed E-state index contributed by atoms with van der Waals surface area (Å²) in [6.07, 6.45) is 2.52. The van der Waals surface area contributed by atoms with Crippen LogP contribution in [0.5, 0.6) is 11.5 Å². The monoisotopic (exact) mass is 232 g/mol. The molecule has 1 aromatic carbocycles. The van der Waals surface area contributed by atoms with Crippen molar-refractivity contribution in [2.75, 3.05) is 13.2 Å². The third-order valence-electron chi connectivity index (χ3n) is 2.65. The Kier molecular flexibility index (Phi) is 2.36. The Labute approximate surface area is 97.4 Å². The second-order valence-electron chi connectivity index (χ2n) is 3.87. The van der Waals surface area contributed by atoms with Crippen molar-refractivity contribution in [2.24, 2.45) is 0 Å². The summed E-state index contributed by atoms with van der Waals surface area (Å²) in [5.74, 6) is 1.48. The van der Waals surface area contributed by atoms with E-state index in [1.54, 1.807) is 6.20 Å². The van der Waals surface area contributed by atoms with Crippen molar-refractivity contribution in [2.45, 2.75) is 6.42 Å². The maximum Gasteiger partial charge on any atom is 0.323 e. The van der Waals surface area contributed by atoms with Crippen molar-refractivity contribution in [3.8, 4) is 22.8 Å². The lowest BCUT2D eigenvalue weighted by Gasteiger charge is -2.08. The predicted octanol–water partition coefficient (Wildman–Crippen LogP) is 1.53. The molecule has 2 N–H and O–H groups in total. The van der Waals surface area contributed by atoms with Crippen LogP contribution < -0.4 is 15.2 Å². The molecule has 0 saturated carbocycles. The van der Waals surface area contributed by atoms with Crippen molar-refractivity contribution < 1.29 is 9.47 Å². The number of ether oxygens (including phenoxy) is 2. The summed E-state index contributed by atoms with van der Waals surface area (Å²) in [7, 11) is 0. The van der Waals surface area contributed by atoms with Crippen LogP contribution >= 0.6 is 0 Å². The zero-order valence-corrected chi connectivity index (χ0v) is 9.16. The summed E-state index contributed by atoms with van der Waals surface area (Å²) < 4.78 is 11.1. The van der Waals surface area contributed by atoms with Gasteiger partial charge in [-0.05, 0) is 18.2 Å². The normalized spacial score (nSPS) is 14.4. The van der Waals surface area contributed by atoms with Crippen LogP contribution in [-0.2, 0) is 0 Å². The van der Waals surface area contributed by atoms with E-state index < -0.39 is 0 Å². The first kappa shape index (κ1) is 10.0. The fourth-order valence-electron chi connectivity index (χ4n) is 1.82. The minimum atomic E-state index is -0.216. The van der Waals surface area contributed by atoms with Crippen LogP contribution in [0.1, 0.15) is 6.42 Å². The predicted molar refractivity (Wildman–Crippen MR) is 62.5 cm³/mol. The van der Waals surface area contributed by atoms with Crippen LogP contribution in [0.4, 0.5) is 0 Å². The number of aromatic amines is 2. The van der Waals surface area contributed by atoms with Crippen LogP contribution in [0.2, 0.25) is 0 Å². The first-order valence-electron chi connectivity index (χ1n) is 5.51. The van der Waals surface area contributed by atoms with Crippen LogP contribution in [0.15, 0.2) is 29.2 Å². The van der Waals surface area contributed by atoms with Gasteiger partial charge >= 0.3 is 5.69 Å². The molecule has 0 aliphatic carbocycles. The van der Waals surface area contributed by atoms with Gasteiger partial charge in [-0.3, -0.25) is 0 Å². The van der Waals surface area contributed by atoms with Gasteiger partial charge in [0, 0.05) is 18.2 Å². The highest BCUT2D eigenvalue weighted by Crippen LogP contribution is 2.33. The highest BCUT2D eigenvalue weighted by atomic mass is 16.5. The molecule has 5 heteroatoms. The number of nitrogens with one attached hydrogen (secondary N) is 2. The largest absolute Gasteiger partial charge is 0.490 e. The van der Waals surface area contributed by atoms with Gasteiger partial charge in [-0.2, -0.15) is 0 Å². The van der Waals surface area contributed by atoms with Gasteiger partial charge in [0.15, 0.2) is 11.5 Å². The van der Waals surface area contributed by atoms with E-state index in [0.717, 1.165) is 29.2 Å². The zero-order valence-electron chi connectivity index (χ0n) is 9.16. The number of imidazole rings is 1. The van der Waals surface area contributed by atoms with Gasteiger partial charge in [-0.1, -0.05) is 0 Å². The van der Waals surface area contributed by atoms with Gasteiger partial charge in [0.2, 0.25) is 0 Å². The summed E-state index contributed by atoms with van der Waals surface area (Å²) in [5, 5.41) is 0. The fraction of sp³-hybridized carbons (Fsp3) is 0.250. The molecule has 0 spiro atoms. The van der Waals surface area contributed by atoms with Crippen LogP contribution in [0.25, 0.3) is 11.3 Å². The second-order valence-corrected chi connectivity index (χ2v) is 3.87. The van der Waals surface area contributed by atoms with Crippen molar-refractivity contribution in [3.63, 3.8) is 0 Å². The maximum atomic E-state index is 11.0. The molecule has 0 fully saturated rings. The lowest BCUT2D eigenvalue weighted by Crippen LogP contribution is -2.00. The Bertz CT molecular complexity index is 585. The highest BCUT2D eigenvalue weighted by Gasteiger charge is 2.11. The lowest BCUT2D eigenvalue weighted by atomic mass is 10.1. The molecule has 0 saturated heterocycles. The Morgan fingerprint density at radius 1 is 1.12 bits per heavy atom. The molecular formula is C12H12N2O3. The van der Waals surface area contributed by atoms with E-state index in [1.165, 1.54) is 0 Å². The number of aromatic nitrogens is 2. The maximum absolute atomic E-state index is 11.0. The van der Waals surface area contributed by atoms with E-state index in [1.807, 2.05) is 18.2 Å². The highest BCUT2D eigenvalue weighted by molar-refractivity contribution is 5.63. The molecule has 17 heavy (non-hydrogen) atoms. The molecule has 0 bridgehead atoms. The van der Waals surface area contributed by atoms with Crippen LogP contribution in [-0.4, -0.2) is 23.2 Å². The van der Waals surface area contributed by atoms with E-state index in [2.05, 4.69) is 9.97 Å². The standard InChI is InChI=1S/C12H12N2O3/c15-12-13-7-9(14-12)8-2-3-10-11(6-8)17-5-1-4-16-10/h2-3,6-7H,1,4-5H2,(H2,13,14,15). The third kappa shape index (κ3) is 1.91. The summed E-state index contributed by atoms with van der Waals surface area (Å²) in [5.41, 5.74) is 1.42. The number of hydrogen-bond donors (Lipinski definition) is 2. The van der Waals surface area contributed by atoms with Gasteiger partial charge in [-0.15, -0.1) is 0 Å². The minimum Gasteiger partial charge on any atom is -0.490 e. The smallest absolute Gasteiger partial charge is 0.323 e. The Morgan fingerprint density at radius 3 is 2.71 bits per heavy atom. The molecule has 2 heterocycles. The molecule has 0 unspecified atom stereocenters. The number of hydrogen-bond acceptors (Lipinski definition) is 3. The van der Waals surface area contributed by atoms with Gasteiger partial charge in [0.1, 0.15) is 0 Å². The summed E-state index contributed by atoms with van der Waals surface area (Å²) >= 11 is 0. The van der Waals surface area contributed by atoms with Crippen LogP contribution in [0, 0.1) is 0 Å². The number of fused-ring (bicyclic) bond motifs is 1. The fourth-order valence-corrected chi connectivity index (χ4v) is 1.82. The van der Waals surface area contributed by atoms with E-state index >= 15 is 0 Å². The number of rotatable bonds is 1. The summed E-state index contributed by atoms with van der Waals surface area (Å²) in [6.45, 7) is 1.33. The second kappa shape index (κ2) is 4.01. The Hall–Kier alpha value is -2.17. The van der Waals surface area contributed by atoms with Gasteiger partial charge < -0.3 is 19.4 Å². The molecule has 0 radical (unpaired) electrons. The Balaban J connectivity index is 2.02. The van der Waals surface area contributed by atoms with E-state index in [-0.39, 0.29) is 5.69 Å². The van der Waals surface area contributed by atoms with Crippen molar-refractivity contribution >= 4 is 0 Å². The summed E-state index contributed by atoms with van der Waals surface area (Å²) in [4.78, 5) is 16.3. The van der Waals surface area contributed by atoms with Gasteiger partial charge in [0.05, 0.1) is 18.9 Å². The average Bonchev–Trinajstić information content (AvgIpc) is 2.64. The molecule has 88 valence electrons. The first-order chi connectivity index (χ1) is 8.33. The molecule has 1 aliphatic heterocycles. The molecule has 0 amide bonds. The number of benzene rings is 1. The third-order valence-corrected chi connectivity index (χ3v) is 2.65. The topological polar surface area (TPSA) is 67.1 Å². The molecule has 0 atom stereocenters. The van der Waals surface area contributed by atoms with Crippen molar-refractivity contribution in [1.29, 1.82) is 0 Å². The molecule has 5 nitrogen and oxygen atoms in total. The van der Waals surface area contributed by atoms with E-state index in [4.69, 9.17) is 9.47 Å². The Morgan fingerprint density at radius 2 is 1.94 bits per heavy atom. The molecular weight excluding hydrogens is 220 g/mol. The van der Waals surface area contributed by atoms with Crippen molar-refractivity contribution in [1.82, 2.24) is 9.97 Å². The molecule has 1 aliphatic rings. The summed E-state index contributed by atoms with van der Waals surface area (Å²) in [6, 6.07) is 5.63. The molecule has 2 aromatic rings. The zero-order chi connectivity index (χ0) is 11.7. The minimum absolute atomic E-state index is 0.216. The first-order valence-corrected chi connectivity index (χ1v) is 5.51. The molecule has 3 rings (SSSR count). The number of H-pyrrole nitrogens is 2. The van der Waals surface area contributed by atoms with E-state index in [9.17, 15) is 4.79 Å². The van der Waals surface area contributed by atoms with Gasteiger partial charge in [-0.25, -0.2) is 4.79 Å². The quantitative estimate of drug-likeness (QED) is 0.783. The van der Waals surface area contributed by atoms with Gasteiger partial charge in [0.25, 0.3) is 0 Å². The molecule has 1 aromatic heterocycles. The van der Waals surface area contributed by atoms with Crippen LogP contribution in [0.3, 0.4) is 0 Å². The van der Waals surface area contributed by atoms with Crippen molar-refractivity contribution in [3.05, 3.63) is 34.9 Å².